The molecule has 1 N–H and O–H groups in total. The molecule has 1 aromatic heterocycles. The van der Waals surface area contributed by atoms with Crippen molar-refractivity contribution in [3.8, 4) is 5.75 Å². The van der Waals surface area contributed by atoms with Crippen LogP contribution in [-0.4, -0.2) is 21.7 Å². The molecular formula is C12H14N4O3S. The van der Waals surface area contributed by atoms with Gasteiger partial charge in [0.25, 0.3) is 5.69 Å². The minimum absolute atomic E-state index is 0.0410. The molecule has 0 radical (unpaired) electrons. The van der Waals surface area contributed by atoms with Crippen molar-refractivity contribution in [2.45, 2.75) is 20.0 Å². The minimum atomic E-state index is -0.444. The second kappa shape index (κ2) is 6.80. The molecule has 0 unspecified atom stereocenters. The van der Waals surface area contributed by atoms with E-state index in [9.17, 15) is 10.1 Å². The first-order chi connectivity index (χ1) is 9.69. The summed E-state index contributed by atoms with van der Waals surface area (Å²) in [6.07, 6.45) is 1.02. The van der Waals surface area contributed by atoms with Crippen LogP contribution in [-0.2, 0) is 6.61 Å². The topological polar surface area (TPSA) is 90.2 Å². The largest absolute Gasteiger partial charge is 0.486 e. The fraction of sp³-hybridized carbons (Fsp3) is 0.333. The van der Waals surface area contributed by atoms with Gasteiger partial charge in [0.2, 0.25) is 5.13 Å². The van der Waals surface area contributed by atoms with Gasteiger partial charge in [0, 0.05) is 18.7 Å². The van der Waals surface area contributed by atoms with Crippen molar-refractivity contribution in [3.63, 3.8) is 0 Å². The highest BCUT2D eigenvalue weighted by atomic mass is 32.1. The molecule has 20 heavy (non-hydrogen) atoms. The van der Waals surface area contributed by atoms with Gasteiger partial charge in [-0.25, -0.2) is 0 Å². The van der Waals surface area contributed by atoms with E-state index in [1.165, 1.54) is 23.5 Å². The molecule has 0 fully saturated rings. The van der Waals surface area contributed by atoms with Crippen molar-refractivity contribution in [2.24, 2.45) is 0 Å². The van der Waals surface area contributed by atoms with Crippen molar-refractivity contribution in [1.29, 1.82) is 0 Å². The zero-order chi connectivity index (χ0) is 14.4. The maximum atomic E-state index is 10.5. The molecule has 0 bridgehead atoms. The minimum Gasteiger partial charge on any atom is -0.486 e. The van der Waals surface area contributed by atoms with E-state index >= 15 is 0 Å². The van der Waals surface area contributed by atoms with E-state index in [0.29, 0.717) is 12.4 Å². The van der Waals surface area contributed by atoms with Crippen LogP contribution in [0.2, 0.25) is 0 Å². The van der Waals surface area contributed by atoms with Crippen molar-refractivity contribution < 1.29 is 9.66 Å². The zero-order valence-corrected chi connectivity index (χ0v) is 11.7. The quantitative estimate of drug-likeness (QED) is 0.623. The van der Waals surface area contributed by atoms with E-state index in [1.54, 1.807) is 12.1 Å². The molecule has 0 aliphatic carbocycles. The predicted octanol–water partition coefficient (Wildman–Crippen LogP) is 2.85. The molecule has 1 aromatic carbocycles. The highest BCUT2D eigenvalue weighted by Gasteiger charge is 2.07. The Morgan fingerprint density at radius 3 is 2.75 bits per heavy atom. The summed E-state index contributed by atoms with van der Waals surface area (Å²) in [5, 5.41) is 23.2. The molecule has 8 heteroatoms. The Kier molecular flexibility index (Phi) is 4.83. The van der Waals surface area contributed by atoms with Gasteiger partial charge < -0.3 is 10.1 Å². The van der Waals surface area contributed by atoms with Gasteiger partial charge in [0.15, 0.2) is 5.01 Å². The van der Waals surface area contributed by atoms with Gasteiger partial charge in [0.1, 0.15) is 12.4 Å². The molecule has 1 heterocycles. The number of nitrogens with one attached hydrogen (secondary N) is 1. The van der Waals surface area contributed by atoms with Crippen LogP contribution in [0.1, 0.15) is 18.4 Å². The van der Waals surface area contributed by atoms with Gasteiger partial charge >= 0.3 is 0 Å². The monoisotopic (exact) mass is 294 g/mol. The van der Waals surface area contributed by atoms with E-state index in [0.717, 1.165) is 23.1 Å². The average molecular weight is 294 g/mol. The van der Waals surface area contributed by atoms with Gasteiger partial charge in [-0.05, 0) is 18.6 Å². The first-order valence-corrected chi connectivity index (χ1v) is 6.94. The van der Waals surface area contributed by atoms with Crippen LogP contribution in [0.4, 0.5) is 10.8 Å². The van der Waals surface area contributed by atoms with Crippen molar-refractivity contribution in [3.05, 3.63) is 39.4 Å². The highest BCUT2D eigenvalue weighted by Crippen LogP contribution is 2.20. The molecule has 106 valence electrons. The lowest BCUT2D eigenvalue weighted by molar-refractivity contribution is -0.384. The van der Waals surface area contributed by atoms with Gasteiger partial charge in [-0.2, -0.15) is 0 Å². The summed E-state index contributed by atoms with van der Waals surface area (Å²) in [6, 6.07) is 5.94. The van der Waals surface area contributed by atoms with Crippen LogP contribution in [0.3, 0.4) is 0 Å². The van der Waals surface area contributed by atoms with E-state index in [4.69, 9.17) is 4.74 Å². The lowest BCUT2D eigenvalue weighted by atomic mass is 10.3. The molecule has 0 saturated heterocycles. The van der Waals surface area contributed by atoms with E-state index in [2.05, 4.69) is 22.4 Å². The van der Waals surface area contributed by atoms with Crippen LogP contribution >= 0.6 is 11.3 Å². The standard InChI is InChI=1S/C12H14N4O3S/c1-2-7-13-12-15-14-11(20-12)8-19-10-5-3-9(4-6-10)16(17)18/h3-6H,2,7-8H2,1H3,(H,13,15). The molecule has 0 atom stereocenters. The molecule has 0 aliphatic heterocycles. The van der Waals surface area contributed by atoms with Gasteiger partial charge in [-0.15, -0.1) is 10.2 Å². The third-order valence-electron chi connectivity index (χ3n) is 2.40. The third kappa shape index (κ3) is 3.89. The summed E-state index contributed by atoms with van der Waals surface area (Å²) in [6.45, 7) is 3.23. The smallest absolute Gasteiger partial charge is 0.269 e. The average Bonchev–Trinajstić information content (AvgIpc) is 2.91. The number of ether oxygens (including phenoxy) is 1. The van der Waals surface area contributed by atoms with Crippen LogP contribution < -0.4 is 10.1 Å². The van der Waals surface area contributed by atoms with E-state index in [1.807, 2.05) is 0 Å². The second-order valence-electron chi connectivity index (χ2n) is 3.97. The number of non-ortho nitro benzene ring substituents is 1. The lowest BCUT2D eigenvalue weighted by Crippen LogP contribution is -1.98. The van der Waals surface area contributed by atoms with Crippen molar-refractivity contribution in [2.75, 3.05) is 11.9 Å². The van der Waals surface area contributed by atoms with Crippen LogP contribution in [0.5, 0.6) is 5.75 Å². The summed E-state index contributed by atoms with van der Waals surface area (Å²) in [5.74, 6) is 0.564. The number of rotatable bonds is 7. The Hall–Kier alpha value is -2.22. The number of benzene rings is 1. The molecule has 2 rings (SSSR count). The first kappa shape index (κ1) is 14.2. The van der Waals surface area contributed by atoms with Crippen molar-refractivity contribution >= 4 is 22.2 Å². The second-order valence-corrected chi connectivity index (χ2v) is 5.03. The number of aromatic nitrogens is 2. The van der Waals surface area contributed by atoms with E-state index < -0.39 is 4.92 Å². The van der Waals surface area contributed by atoms with Gasteiger partial charge in [-0.1, -0.05) is 18.3 Å². The number of hydrogen-bond donors (Lipinski definition) is 1. The molecule has 0 saturated carbocycles. The number of hydrogen-bond acceptors (Lipinski definition) is 7. The SMILES string of the molecule is CCCNc1nnc(COc2ccc([N+](=O)[O-])cc2)s1. The first-order valence-electron chi connectivity index (χ1n) is 6.12. The fourth-order valence-electron chi connectivity index (χ4n) is 1.42. The maximum absolute atomic E-state index is 10.5. The number of nitro benzene ring substituents is 1. The summed E-state index contributed by atoms with van der Waals surface area (Å²) < 4.78 is 5.50. The number of anilines is 1. The third-order valence-corrected chi connectivity index (χ3v) is 3.26. The number of nitro groups is 1. The van der Waals surface area contributed by atoms with E-state index in [-0.39, 0.29) is 5.69 Å². The molecule has 0 spiro atoms. The Morgan fingerprint density at radius 2 is 2.10 bits per heavy atom. The Balaban J connectivity index is 1.88. The molecule has 2 aromatic rings. The predicted molar refractivity (Wildman–Crippen MR) is 76.1 cm³/mol. The summed E-state index contributed by atoms with van der Waals surface area (Å²) in [4.78, 5) is 10.1. The highest BCUT2D eigenvalue weighted by molar-refractivity contribution is 7.15. The van der Waals surface area contributed by atoms with Crippen LogP contribution in [0.25, 0.3) is 0 Å². The molecule has 0 amide bonds. The molecule has 0 aliphatic rings. The zero-order valence-electron chi connectivity index (χ0n) is 10.9. The van der Waals surface area contributed by atoms with Crippen LogP contribution in [0, 0.1) is 10.1 Å². The summed E-state index contributed by atoms with van der Waals surface area (Å²) >= 11 is 1.43. The van der Waals surface area contributed by atoms with Crippen molar-refractivity contribution in [1.82, 2.24) is 10.2 Å². The Morgan fingerprint density at radius 1 is 1.35 bits per heavy atom. The maximum Gasteiger partial charge on any atom is 0.269 e. The summed E-state index contributed by atoms with van der Waals surface area (Å²) in [5.41, 5.74) is 0.0410. The lowest BCUT2D eigenvalue weighted by Gasteiger charge is -2.02. The van der Waals surface area contributed by atoms with Gasteiger partial charge in [-0.3, -0.25) is 10.1 Å². The molecule has 7 nitrogen and oxygen atoms in total. The summed E-state index contributed by atoms with van der Waals surface area (Å²) in [7, 11) is 0. The Labute approximate surface area is 119 Å². The normalized spacial score (nSPS) is 10.2. The Bertz CT molecular complexity index is 570. The molecular weight excluding hydrogens is 280 g/mol. The fourth-order valence-corrected chi connectivity index (χ4v) is 2.10. The number of nitrogens with zero attached hydrogens (tertiary/aromatic N) is 3. The van der Waals surface area contributed by atoms with Crippen LogP contribution in [0.15, 0.2) is 24.3 Å². The van der Waals surface area contributed by atoms with Gasteiger partial charge in [0.05, 0.1) is 4.92 Å².